The van der Waals surface area contributed by atoms with Gasteiger partial charge >= 0.3 is 0 Å². The molecular weight excluding hydrogens is 250 g/mol. The molecule has 0 aromatic carbocycles. The quantitative estimate of drug-likeness (QED) is 0.803. The van der Waals surface area contributed by atoms with E-state index in [0.717, 1.165) is 6.54 Å². The molecule has 0 aliphatic carbocycles. The molecule has 1 fully saturated rings. The fraction of sp³-hybridized carbons (Fsp3) is 1.00. The van der Waals surface area contributed by atoms with Gasteiger partial charge in [0, 0.05) is 38.8 Å². The average Bonchev–Trinajstić information content (AvgIpc) is 2.16. The van der Waals surface area contributed by atoms with Crippen LogP contribution >= 0.6 is 12.4 Å². The summed E-state index contributed by atoms with van der Waals surface area (Å²) in [5, 5.41) is 3.23. The molecule has 0 bridgehead atoms. The summed E-state index contributed by atoms with van der Waals surface area (Å²) in [6, 6.07) is 0.231. The standard InChI is InChI=1S/C9H21N3O2S.ClH/c1-8(2)11(4)15(13,14)12-6-5-10-9(3)7-12;/h8-10H,5-7H2,1-4H3;1H/t9-;/m1./s1. The summed E-state index contributed by atoms with van der Waals surface area (Å²) in [6.07, 6.45) is 0. The first-order valence-electron chi connectivity index (χ1n) is 5.32. The Balaban J connectivity index is 0.00000225. The Kier molecular flexibility index (Phi) is 6.21. The maximum Gasteiger partial charge on any atom is 0.282 e. The van der Waals surface area contributed by atoms with E-state index in [1.807, 2.05) is 20.8 Å². The van der Waals surface area contributed by atoms with Gasteiger partial charge in [0.2, 0.25) is 0 Å². The van der Waals surface area contributed by atoms with Crippen LogP contribution in [0.5, 0.6) is 0 Å². The lowest BCUT2D eigenvalue weighted by Gasteiger charge is -2.34. The molecule has 0 aromatic heterocycles. The Bertz CT molecular complexity index is 308. The molecule has 1 N–H and O–H groups in total. The lowest BCUT2D eigenvalue weighted by atomic mass is 10.3. The van der Waals surface area contributed by atoms with Crippen molar-refractivity contribution in [2.45, 2.75) is 32.9 Å². The van der Waals surface area contributed by atoms with Crippen LogP contribution in [-0.2, 0) is 10.2 Å². The van der Waals surface area contributed by atoms with Crippen LogP contribution in [0.4, 0.5) is 0 Å². The first kappa shape index (κ1) is 16.1. The van der Waals surface area contributed by atoms with Crippen molar-refractivity contribution in [2.24, 2.45) is 0 Å². The molecule has 0 aromatic rings. The number of hydrogen-bond acceptors (Lipinski definition) is 3. The van der Waals surface area contributed by atoms with Crippen LogP contribution in [0.3, 0.4) is 0 Å². The van der Waals surface area contributed by atoms with Gasteiger partial charge in [0.25, 0.3) is 10.2 Å². The number of hydrogen-bond donors (Lipinski definition) is 1. The highest BCUT2D eigenvalue weighted by molar-refractivity contribution is 7.86. The Morgan fingerprint density at radius 2 is 2.00 bits per heavy atom. The van der Waals surface area contributed by atoms with Crippen LogP contribution in [0.1, 0.15) is 20.8 Å². The highest BCUT2D eigenvalue weighted by atomic mass is 35.5. The molecule has 0 radical (unpaired) electrons. The fourth-order valence-electron chi connectivity index (χ4n) is 1.56. The molecule has 1 rings (SSSR count). The molecule has 16 heavy (non-hydrogen) atoms. The SMILES string of the molecule is CC(C)N(C)S(=O)(=O)N1CCN[C@H](C)C1.Cl. The molecule has 1 aliphatic heterocycles. The Labute approximate surface area is 105 Å². The molecule has 0 amide bonds. The summed E-state index contributed by atoms with van der Waals surface area (Å²) < 4.78 is 27.2. The van der Waals surface area contributed by atoms with E-state index in [1.54, 1.807) is 11.4 Å². The van der Waals surface area contributed by atoms with Crippen LogP contribution in [0, 0.1) is 0 Å². The third-order valence-electron chi connectivity index (χ3n) is 2.75. The van der Waals surface area contributed by atoms with Crippen LogP contribution in [0.25, 0.3) is 0 Å². The predicted octanol–water partition coefficient (Wildman–Crippen LogP) is 0.287. The highest BCUT2D eigenvalue weighted by Crippen LogP contribution is 2.12. The molecule has 0 saturated carbocycles. The summed E-state index contributed by atoms with van der Waals surface area (Å²) in [4.78, 5) is 0. The van der Waals surface area contributed by atoms with E-state index in [0.29, 0.717) is 13.1 Å². The molecule has 98 valence electrons. The number of nitrogens with zero attached hydrogens (tertiary/aromatic N) is 2. The van der Waals surface area contributed by atoms with E-state index < -0.39 is 10.2 Å². The van der Waals surface area contributed by atoms with E-state index in [9.17, 15) is 8.42 Å². The smallest absolute Gasteiger partial charge is 0.282 e. The molecular formula is C9H22ClN3O2S. The van der Waals surface area contributed by atoms with Crippen LogP contribution < -0.4 is 5.32 Å². The predicted molar refractivity (Wildman–Crippen MR) is 68.1 cm³/mol. The van der Waals surface area contributed by atoms with Crippen molar-refractivity contribution in [2.75, 3.05) is 26.7 Å². The third kappa shape index (κ3) is 3.56. The lowest BCUT2D eigenvalue weighted by molar-refractivity contribution is 0.279. The van der Waals surface area contributed by atoms with Gasteiger partial charge in [-0.25, -0.2) is 0 Å². The topological polar surface area (TPSA) is 52.7 Å². The second-order valence-electron chi connectivity index (χ2n) is 4.33. The summed E-state index contributed by atoms with van der Waals surface area (Å²) in [6.45, 7) is 7.60. The van der Waals surface area contributed by atoms with Gasteiger partial charge in [-0.15, -0.1) is 12.4 Å². The summed E-state index contributed by atoms with van der Waals surface area (Å²) in [5.41, 5.74) is 0. The van der Waals surface area contributed by atoms with E-state index in [2.05, 4.69) is 5.32 Å². The average molecular weight is 272 g/mol. The minimum Gasteiger partial charge on any atom is -0.312 e. The second-order valence-corrected chi connectivity index (χ2v) is 6.32. The van der Waals surface area contributed by atoms with Crippen molar-refractivity contribution in [1.82, 2.24) is 13.9 Å². The van der Waals surface area contributed by atoms with E-state index in [1.165, 1.54) is 4.31 Å². The minimum absolute atomic E-state index is 0. The third-order valence-corrected chi connectivity index (χ3v) is 4.88. The van der Waals surface area contributed by atoms with Crippen molar-refractivity contribution in [3.8, 4) is 0 Å². The van der Waals surface area contributed by atoms with Crippen LogP contribution in [-0.4, -0.2) is 55.8 Å². The molecule has 5 nitrogen and oxygen atoms in total. The summed E-state index contributed by atoms with van der Waals surface area (Å²) >= 11 is 0. The lowest BCUT2D eigenvalue weighted by Crippen LogP contribution is -2.55. The normalized spacial score (nSPS) is 23.5. The van der Waals surface area contributed by atoms with Gasteiger partial charge < -0.3 is 5.32 Å². The van der Waals surface area contributed by atoms with Crippen molar-refractivity contribution in [3.05, 3.63) is 0 Å². The van der Waals surface area contributed by atoms with Gasteiger partial charge in [-0.3, -0.25) is 0 Å². The molecule has 1 heterocycles. The summed E-state index contributed by atoms with van der Waals surface area (Å²) in [5.74, 6) is 0. The molecule has 1 saturated heterocycles. The zero-order valence-corrected chi connectivity index (χ0v) is 11.9. The number of nitrogens with one attached hydrogen (secondary N) is 1. The van der Waals surface area contributed by atoms with E-state index in [4.69, 9.17) is 0 Å². The number of piperazine rings is 1. The molecule has 0 spiro atoms. The maximum atomic E-state index is 12.1. The zero-order chi connectivity index (χ0) is 11.6. The second kappa shape index (κ2) is 6.16. The Morgan fingerprint density at radius 1 is 1.44 bits per heavy atom. The largest absolute Gasteiger partial charge is 0.312 e. The van der Waals surface area contributed by atoms with E-state index >= 15 is 0 Å². The molecule has 0 unspecified atom stereocenters. The van der Waals surface area contributed by atoms with Gasteiger partial charge in [0.1, 0.15) is 0 Å². The van der Waals surface area contributed by atoms with Crippen molar-refractivity contribution in [3.63, 3.8) is 0 Å². The molecule has 7 heteroatoms. The first-order chi connectivity index (χ1) is 6.85. The van der Waals surface area contributed by atoms with Crippen molar-refractivity contribution in [1.29, 1.82) is 0 Å². The zero-order valence-electron chi connectivity index (χ0n) is 10.3. The monoisotopic (exact) mass is 271 g/mol. The molecule has 1 aliphatic rings. The first-order valence-corrected chi connectivity index (χ1v) is 6.72. The Morgan fingerprint density at radius 3 is 2.44 bits per heavy atom. The maximum absolute atomic E-state index is 12.1. The Hall–Kier alpha value is 0.120. The van der Waals surface area contributed by atoms with Crippen LogP contribution in [0.15, 0.2) is 0 Å². The fourth-order valence-corrected chi connectivity index (χ4v) is 3.19. The molecule has 1 atom stereocenters. The van der Waals surface area contributed by atoms with E-state index in [-0.39, 0.29) is 24.5 Å². The summed E-state index contributed by atoms with van der Waals surface area (Å²) in [7, 11) is -1.64. The van der Waals surface area contributed by atoms with Crippen molar-refractivity contribution < 1.29 is 8.42 Å². The minimum atomic E-state index is -3.27. The van der Waals surface area contributed by atoms with Gasteiger partial charge in [0.15, 0.2) is 0 Å². The number of rotatable bonds is 3. The highest BCUT2D eigenvalue weighted by Gasteiger charge is 2.31. The van der Waals surface area contributed by atoms with Gasteiger partial charge in [-0.1, -0.05) is 0 Å². The van der Waals surface area contributed by atoms with Crippen molar-refractivity contribution >= 4 is 22.6 Å². The van der Waals surface area contributed by atoms with Gasteiger partial charge in [0.05, 0.1) is 0 Å². The number of halogens is 1. The van der Waals surface area contributed by atoms with Gasteiger partial charge in [-0.05, 0) is 20.8 Å². The van der Waals surface area contributed by atoms with Crippen LogP contribution in [0.2, 0.25) is 0 Å². The van der Waals surface area contributed by atoms with Gasteiger partial charge in [-0.2, -0.15) is 17.0 Å².